The maximum atomic E-state index is 3.90. The van der Waals surface area contributed by atoms with Crippen molar-refractivity contribution in [2.24, 2.45) is 0 Å². The number of rotatable bonds is 0. The largest absolute Gasteiger partial charge is 0.326 e. The van der Waals surface area contributed by atoms with E-state index in [1.54, 1.807) is 11.9 Å². The minimum atomic E-state index is 1.02. The fourth-order valence-electron chi connectivity index (χ4n) is 1.14. The molecule has 0 amide bonds. The average molecular weight is 163 g/mol. The summed E-state index contributed by atoms with van der Waals surface area (Å²) in [7, 11) is 0. The smallest absolute Gasteiger partial charge is 0.0455 e. The first-order chi connectivity index (χ1) is 5.27. The third-order valence-electron chi connectivity index (χ3n) is 1.74. The lowest BCUT2D eigenvalue weighted by molar-refractivity contribution is 1.35. The third kappa shape index (κ3) is 1.03. The molecule has 0 spiro atoms. The van der Waals surface area contributed by atoms with Gasteiger partial charge >= 0.3 is 0 Å². The maximum Gasteiger partial charge on any atom is 0.0455 e. The molecule has 2 heteroatoms. The SMILES string of the molecule is C=C1NSc2ccc(C)cc21. The number of aryl methyl sites for hydroxylation is 1. The zero-order chi connectivity index (χ0) is 7.84. The van der Waals surface area contributed by atoms with Gasteiger partial charge in [0.05, 0.1) is 0 Å². The number of nitrogens with one attached hydrogen (secondary N) is 1. The molecule has 11 heavy (non-hydrogen) atoms. The normalized spacial score (nSPS) is 14.5. The van der Waals surface area contributed by atoms with Crippen LogP contribution in [0.4, 0.5) is 0 Å². The van der Waals surface area contributed by atoms with E-state index in [2.05, 4.69) is 36.4 Å². The summed E-state index contributed by atoms with van der Waals surface area (Å²) < 4.78 is 3.13. The fraction of sp³-hybridized carbons (Fsp3) is 0.111. The summed E-state index contributed by atoms with van der Waals surface area (Å²) >= 11 is 1.64. The van der Waals surface area contributed by atoms with Gasteiger partial charge in [0.25, 0.3) is 0 Å². The fourth-order valence-corrected chi connectivity index (χ4v) is 1.91. The van der Waals surface area contributed by atoms with Crippen molar-refractivity contribution in [1.29, 1.82) is 0 Å². The molecule has 0 radical (unpaired) electrons. The molecule has 0 unspecified atom stereocenters. The summed E-state index contributed by atoms with van der Waals surface area (Å²) in [5.74, 6) is 0. The van der Waals surface area contributed by atoms with E-state index in [1.807, 2.05) is 0 Å². The second-order valence-electron chi connectivity index (χ2n) is 2.68. The Labute approximate surface area is 70.6 Å². The molecule has 0 atom stereocenters. The molecule has 0 saturated heterocycles. The molecule has 1 aromatic carbocycles. The molecule has 1 heterocycles. The van der Waals surface area contributed by atoms with E-state index in [-0.39, 0.29) is 0 Å². The van der Waals surface area contributed by atoms with Gasteiger partial charge in [-0.15, -0.1) is 0 Å². The Balaban J connectivity index is 2.60. The van der Waals surface area contributed by atoms with Crippen LogP contribution >= 0.6 is 11.9 Å². The van der Waals surface area contributed by atoms with Gasteiger partial charge in [-0.25, -0.2) is 0 Å². The highest BCUT2D eigenvalue weighted by Crippen LogP contribution is 2.33. The highest BCUT2D eigenvalue weighted by atomic mass is 32.2. The molecule has 0 saturated carbocycles. The molecule has 1 aliphatic heterocycles. The molecule has 0 bridgehead atoms. The van der Waals surface area contributed by atoms with Crippen molar-refractivity contribution >= 4 is 17.6 Å². The summed E-state index contributed by atoms with van der Waals surface area (Å²) in [6, 6.07) is 6.40. The molecule has 1 aromatic rings. The molecule has 1 aliphatic rings. The Morgan fingerprint density at radius 3 is 3.09 bits per heavy atom. The van der Waals surface area contributed by atoms with Crippen molar-refractivity contribution in [2.45, 2.75) is 11.8 Å². The number of benzene rings is 1. The predicted octanol–water partition coefficient (Wildman–Crippen LogP) is 2.58. The van der Waals surface area contributed by atoms with Gasteiger partial charge in [0.2, 0.25) is 0 Å². The number of fused-ring (bicyclic) bond motifs is 1. The molecule has 1 nitrogen and oxygen atoms in total. The lowest BCUT2D eigenvalue weighted by atomic mass is 10.1. The Kier molecular flexibility index (Phi) is 1.43. The van der Waals surface area contributed by atoms with Crippen LogP contribution in [0.3, 0.4) is 0 Å². The monoisotopic (exact) mass is 163 g/mol. The zero-order valence-electron chi connectivity index (χ0n) is 6.35. The van der Waals surface area contributed by atoms with E-state index >= 15 is 0 Å². The van der Waals surface area contributed by atoms with Crippen molar-refractivity contribution in [2.75, 3.05) is 0 Å². The predicted molar refractivity (Wildman–Crippen MR) is 49.2 cm³/mol. The van der Waals surface area contributed by atoms with Gasteiger partial charge in [-0.1, -0.05) is 18.2 Å². The Morgan fingerprint density at radius 1 is 1.45 bits per heavy atom. The second kappa shape index (κ2) is 2.31. The van der Waals surface area contributed by atoms with Gasteiger partial charge in [-0.2, -0.15) is 0 Å². The minimum Gasteiger partial charge on any atom is -0.326 e. The Bertz CT molecular complexity index is 317. The second-order valence-corrected chi connectivity index (χ2v) is 3.53. The highest BCUT2D eigenvalue weighted by Gasteiger charge is 2.13. The summed E-state index contributed by atoms with van der Waals surface area (Å²) in [5, 5.41) is 0. The Morgan fingerprint density at radius 2 is 2.27 bits per heavy atom. The maximum absolute atomic E-state index is 3.90. The van der Waals surface area contributed by atoms with Crippen LogP contribution in [0.5, 0.6) is 0 Å². The summed E-state index contributed by atoms with van der Waals surface area (Å²) in [4.78, 5) is 1.28. The summed E-state index contributed by atoms with van der Waals surface area (Å²) in [5.41, 5.74) is 3.55. The van der Waals surface area contributed by atoms with Crippen LogP contribution in [0.15, 0.2) is 29.7 Å². The van der Waals surface area contributed by atoms with Crippen molar-refractivity contribution in [1.82, 2.24) is 4.72 Å². The van der Waals surface area contributed by atoms with E-state index < -0.39 is 0 Å². The molecule has 2 rings (SSSR count). The molecular formula is C9H9NS. The van der Waals surface area contributed by atoms with Crippen molar-refractivity contribution in [3.05, 3.63) is 35.9 Å². The van der Waals surface area contributed by atoms with Gasteiger partial charge in [0.1, 0.15) is 0 Å². The molecule has 0 aromatic heterocycles. The summed E-state index contributed by atoms with van der Waals surface area (Å²) in [6.45, 7) is 6.00. The molecule has 56 valence electrons. The first-order valence-corrected chi connectivity index (χ1v) is 4.32. The quantitative estimate of drug-likeness (QED) is 0.590. The lowest BCUT2D eigenvalue weighted by Crippen LogP contribution is -1.89. The number of hydrogen-bond donors (Lipinski definition) is 1. The molecule has 0 aliphatic carbocycles. The van der Waals surface area contributed by atoms with E-state index in [0.29, 0.717) is 0 Å². The van der Waals surface area contributed by atoms with Crippen LogP contribution in [-0.2, 0) is 0 Å². The van der Waals surface area contributed by atoms with Crippen LogP contribution in [0.2, 0.25) is 0 Å². The van der Waals surface area contributed by atoms with Crippen LogP contribution in [0, 0.1) is 6.92 Å². The first-order valence-electron chi connectivity index (χ1n) is 3.50. The first kappa shape index (κ1) is 6.80. The van der Waals surface area contributed by atoms with Gasteiger partial charge in [-0.3, -0.25) is 0 Å². The molecule has 1 N–H and O–H groups in total. The lowest BCUT2D eigenvalue weighted by Gasteiger charge is -1.97. The topological polar surface area (TPSA) is 12.0 Å². The van der Waals surface area contributed by atoms with E-state index in [1.165, 1.54) is 16.0 Å². The highest BCUT2D eigenvalue weighted by molar-refractivity contribution is 7.98. The van der Waals surface area contributed by atoms with Crippen LogP contribution in [0.25, 0.3) is 5.70 Å². The van der Waals surface area contributed by atoms with Crippen LogP contribution in [-0.4, -0.2) is 0 Å². The van der Waals surface area contributed by atoms with Gasteiger partial charge in [-0.05, 0) is 31.0 Å². The van der Waals surface area contributed by atoms with E-state index in [9.17, 15) is 0 Å². The minimum absolute atomic E-state index is 1.02. The van der Waals surface area contributed by atoms with E-state index in [0.717, 1.165) is 5.70 Å². The van der Waals surface area contributed by atoms with Gasteiger partial charge < -0.3 is 4.72 Å². The van der Waals surface area contributed by atoms with Crippen molar-refractivity contribution in [3.63, 3.8) is 0 Å². The summed E-state index contributed by atoms with van der Waals surface area (Å²) in [6.07, 6.45) is 0. The van der Waals surface area contributed by atoms with Gasteiger partial charge in [0.15, 0.2) is 0 Å². The van der Waals surface area contributed by atoms with Crippen molar-refractivity contribution in [3.8, 4) is 0 Å². The third-order valence-corrected chi connectivity index (χ3v) is 2.67. The average Bonchev–Trinajstić information content (AvgIpc) is 2.33. The number of hydrogen-bond acceptors (Lipinski definition) is 2. The zero-order valence-corrected chi connectivity index (χ0v) is 7.16. The van der Waals surface area contributed by atoms with Crippen molar-refractivity contribution < 1.29 is 0 Å². The van der Waals surface area contributed by atoms with E-state index in [4.69, 9.17) is 0 Å². The van der Waals surface area contributed by atoms with Crippen LogP contribution < -0.4 is 4.72 Å². The molecular weight excluding hydrogens is 154 g/mol. The Hall–Kier alpha value is -0.890. The molecule has 0 fully saturated rings. The van der Waals surface area contributed by atoms with Gasteiger partial charge in [0, 0.05) is 16.2 Å². The standard InChI is InChI=1S/C9H9NS/c1-6-3-4-9-8(5-6)7(2)10-11-9/h3-5,10H,2H2,1H3. The van der Waals surface area contributed by atoms with Crippen LogP contribution in [0.1, 0.15) is 11.1 Å².